The van der Waals surface area contributed by atoms with Crippen molar-refractivity contribution in [2.45, 2.75) is 50.4 Å². The number of anilines is 1. The third-order valence-corrected chi connectivity index (χ3v) is 7.44. The maximum Gasteiger partial charge on any atom is 0.416 e. The van der Waals surface area contributed by atoms with Gasteiger partial charge in [0.25, 0.3) is 5.91 Å². The summed E-state index contributed by atoms with van der Waals surface area (Å²) in [5.74, 6) is -0.969. The number of carbonyl (C=O) groups excluding carboxylic acids is 2. The van der Waals surface area contributed by atoms with Crippen molar-refractivity contribution in [2.24, 2.45) is 5.73 Å². The van der Waals surface area contributed by atoms with Crippen LogP contribution in [0.3, 0.4) is 0 Å². The average Bonchev–Trinajstić information content (AvgIpc) is 3.54. The molecule has 0 spiro atoms. The first-order valence-electron chi connectivity index (χ1n) is 14.5. The van der Waals surface area contributed by atoms with Crippen LogP contribution in [-0.2, 0) is 15.7 Å². The number of aromatic nitrogens is 1. The third-order valence-electron chi connectivity index (χ3n) is 7.44. The van der Waals surface area contributed by atoms with E-state index in [9.17, 15) is 27.2 Å². The van der Waals surface area contributed by atoms with Crippen molar-refractivity contribution in [3.8, 4) is 23.0 Å². The number of pyridine rings is 1. The van der Waals surface area contributed by atoms with E-state index in [2.05, 4.69) is 10.3 Å². The van der Waals surface area contributed by atoms with Crippen LogP contribution in [0.5, 0.6) is 23.0 Å². The van der Waals surface area contributed by atoms with Gasteiger partial charge in [-0.2, -0.15) is 13.2 Å². The van der Waals surface area contributed by atoms with Gasteiger partial charge in [0, 0.05) is 29.8 Å². The van der Waals surface area contributed by atoms with Gasteiger partial charge in [0.2, 0.25) is 0 Å². The van der Waals surface area contributed by atoms with Gasteiger partial charge < -0.3 is 30.0 Å². The lowest BCUT2D eigenvalue weighted by molar-refractivity contribution is -0.150. The second-order valence-electron chi connectivity index (χ2n) is 10.7. The SMILES string of the molecule is COc1cc2c(Oc3ccc(NC(=O)c4cc(C(F)(F)F)ccc4F)cc3)ccnc2cc1OCCC(N)C(=O)OC1CCCC1. The van der Waals surface area contributed by atoms with Crippen LogP contribution in [0.4, 0.5) is 23.2 Å². The smallest absolute Gasteiger partial charge is 0.416 e. The van der Waals surface area contributed by atoms with Gasteiger partial charge in [0.05, 0.1) is 30.4 Å². The normalized spacial score (nSPS) is 14.1. The van der Waals surface area contributed by atoms with Crippen molar-refractivity contribution in [3.63, 3.8) is 0 Å². The Kier molecular flexibility index (Phi) is 9.90. The first kappa shape index (κ1) is 32.5. The number of nitrogens with zero attached hydrogens (tertiary/aromatic N) is 1. The molecule has 1 saturated carbocycles. The van der Waals surface area contributed by atoms with E-state index < -0.39 is 41.0 Å². The number of methoxy groups -OCH3 is 1. The van der Waals surface area contributed by atoms with Gasteiger partial charge in [-0.1, -0.05) is 0 Å². The van der Waals surface area contributed by atoms with Crippen LogP contribution in [0.2, 0.25) is 0 Å². The van der Waals surface area contributed by atoms with Crippen molar-refractivity contribution in [3.05, 3.63) is 83.8 Å². The van der Waals surface area contributed by atoms with Crippen LogP contribution in [0, 0.1) is 5.82 Å². The minimum Gasteiger partial charge on any atom is -0.493 e. The number of halogens is 4. The number of esters is 1. The molecular weight excluding hydrogens is 610 g/mol. The van der Waals surface area contributed by atoms with E-state index >= 15 is 0 Å². The molecule has 1 aromatic heterocycles. The zero-order chi connectivity index (χ0) is 32.8. The van der Waals surface area contributed by atoms with Crippen LogP contribution < -0.4 is 25.3 Å². The van der Waals surface area contributed by atoms with E-state index in [0.29, 0.717) is 52.1 Å². The van der Waals surface area contributed by atoms with E-state index in [4.69, 9.17) is 24.7 Å². The average molecular weight is 642 g/mol. The number of ether oxygens (including phenoxy) is 4. The fourth-order valence-electron chi connectivity index (χ4n) is 4.97. The molecule has 242 valence electrons. The molecule has 1 aliphatic carbocycles. The summed E-state index contributed by atoms with van der Waals surface area (Å²) < 4.78 is 76.1. The molecule has 1 amide bonds. The van der Waals surface area contributed by atoms with Crippen LogP contribution >= 0.6 is 0 Å². The van der Waals surface area contributed by atoms with E-state index in [1.165, 1.54) is 31.4 Å². The summed E-state index contributed by atoms with van der Waals surface area (Å²) in [6.45, 7) is 0.141. The number of amides is 1. The Bertz CT molecular complexity index is 1710. The van der Waals surface area contributed by atoms with Crippen molar-refractivity contribution < 1.29 is 46.1 Å². The van der Waals surface area contributed by atoms with Crippen LogP contribution in [0.15, 0.2) is 66.9 Å². The Hall–Kier alpha value is -4.91. The molecule has 0 aliphatic heterocycles. The van der Waals surface area contributed by atoms with Crippen molar-refractivity contribution >= 4 is 28.5 Å². The summed E-state index contributed by atoms with van der Waals surface area (Å²) in [6, 6.07) is 11.8. The van der Waals surface area contributed by atoms with Gasteiger partial charge in [0.1, 0.15) is 29.5 Å². The number of benzene rings is 3. The number of carbonyl (C=O) groups is 2. The quantitative estimate of drug-likeness (QED) is 0.132. The summed E-state index contributed by atoms with van der Waals surface area (Å²) in [5.41, 5.74) is 4.88. The maximum atomic E-state index is 14.1. The second kappa shape index (κ2) is 14.0. The number of nitrogens with two attached hydrogens (primary N) is 1. The highest BCUT2D eigenvalue weighted by molar-refractivity contribution is 6.04. The molecule has 3 N–H and O–H groups in total. The molecule has 1 fully saturated rings. The zero-order valence-electron chi connectivity index (χ0n) is 24.7. The highest BCUT2D eigenvalue weighted by Gasteiger charge is 2.32. The lowest BCUT2D eigenvalue weighted by Crippen LogP contribution is -2.35. The molecule has 5 rings (SSSR count). The topological polar surface area (TPSA) is 122 Å². The fourth-order valence-corrected chi connectivity index (χ4v) is 4.97. The lowest BCUT2D eigenvalue weighted by atomic mass is 10.1. The molecule has 46 heavy (non-hydrogen) atoms. The van der Waals surface area contributed by atoms with Crippen LogP contribution in [0.25, 0.3) is 10.9 Å². The number of rotatable bonds is 11. The van der Waals surface area contributed by atoms with Crippen molar-refractivity contribution in [2.75, 3.05) is 19.0 Å². The van der Waals surface area contributed by atoms with Crippen LogP contribution in [-0.4, -0.2) is 42.7 Å². The Labute approximate surface area is 261 Å². The Morgan fingerprint density at radius 2 is 1.74 bits per heavy atom. The molecular formula is C33H31F4N3O6. The molecule has 0 bridgehead atoms. The number of fused-ring (bicyclic) bond motifs is 1. The fraction of sp³-hybridized carbons (Fsp3) is 0.303. The van der Waals surface area contributed by atoms with Crippen molar-refractivity contribution in [1.82, 2.24) is 4.98 Å². The summed E-state index contributed by atoms with van der Waals surface area (Å²) in [4.78, 5) is 29.2. The second-order valence-corrected chi connectivity index (χ2v) is 10.7. The van der Waals surface area contributed by atoms with E-state index in [1.54, 1.807) is 24.4 Å². The van der Waals surface area contributed by atoms with E-state index in [-0.39, 0.29) is 24.8 Å². The largest absolute Gasteiger partial charge is 0.493 e. The first-order chi connectivity index (χ1) is 22.0. The number of alkyl halides is 3. The number of hydrogen-bond donors (Lipinski definition) is 2. The standard InChI is InChI=1S/C33H31F4N3O6/c1-43-29-17-24-27(18-30(29)44-15-13-26(38)32(42)46-21-4-2-3-5-21)39-14-12-28(24)45-22-9-7-20(8-10-22)40-31(41)23-16-19(33(35,36)37)6-11-25(23)34/h6-12,14,16-18,21,26H,2-5,13,15,38H2,1H3,(H,40,41). The third kappa shape index (κ3) is 7.83. The van der Waals surface area contributed by atoms with Crippen LogP contribution in [0.1, 0.15) is 48.0 Å². The molecule has 0 saturated heterocycles. The van der Waals surface area contributed by atoms with Gasteiger partial charge >= 0.3 is 12.1 Å². The van der Waals surface area contributed by atoms with Crippen molar-refractivity contribution in [1.29, 1.82) is 0 Å². The first-order valence-corrected chi connectivity index (χ1v) is 14.5. The molecule has 1 atom stereocenters. The van der Waals surface area contributed by atoms with Gasteiger partial charge in [-0.05, 0) is 80.3 Å². The molecule has 1 heterocycles. The van der Waals surface area contributed by atoms with Gasteiger partial charge in [-0.15, -0.1) is 0 Å². The molecule has 13 heteroatoms. The molecule has 3 aromatic carbocycles. The minimum atomic E-state index is -4.73. The predicted octanol–water partition coefficient (Wildman–Crippen LogP) is 7.03. The maximum absolute atomic E-state index is 14.1. The zero-order valence-corrected chi connectivity index (χ0v) is 24.7. The van der Waals surface area contributed by atoms with E-state index in [0.717, 1.165) is 25.7 Å². The molecule has 9 nitrogen and oxygen atoms in total. The predicted molar refractivity (Wildman–Crippen MR) is 161 cm³/mol. The highest BCUT2D eigenvalue weighted by atomic mass is 19.4. The minimum absolute atomic E-state index is 0.0645. The summed E-state index contributed by atoms with van der Waals surface area (Å²) in [6.07, 6.45) is 0.810. The van der Waals surface area contributed by atoms with Gasteiger partial charge in [0.15, 0.2) is 11.5 Å². The summed E-state index contributed by atoms with van der Waals surface area (Å²) in [7, 11) is 1.48. The molecule has 4 aromatic rings. The summed E-state index contributed by atoms with van der Waals surface area (Å²) in [5, 5.41) is 2.99. The Morgan fingerprint density at radius 1 is 1.00 bits per heavy atom. The number of hydrogen-bond acceptors (Lipinski definition) is 8. The Balaban J connectivity index is 1.23. The van der Waals surface area contributed by atoms with Gasteiger partial charge in [-0.3, -0.25) is 14.6 Å². The lowest BCUT2D eigenvalue weighted by Gasteiger charge is -2.17. The Morgan fingerprint density at radius 3 is 2.43 bits per heavy atom. The molecule has 1 unspecified atom stereocenters. The molecule has 0 radical (unpaired) electrons. The van der Waals surface area contributed by atoms with E-state index in [1.807, 2.05) is 0 Å². The molecule has 1 aliphatic rings. The highest BCUT2D eigenvalue weighted by Crippen LogP contribution is 2.37. The summed E-state index contributed by atoms with van der Waals surface area (Å²) >= 11 is 0. The monoisotopic (exact) mass is 641 g/mol. The number of nitrogens with one attached hydrogen (secondary N) is 1. The van der Waals surface area contributed by atoms with Gasteiger partial charge in [-0.25, -0.2) is 4.39 Å².